The van der Waals surface area contributed by atoms with Gasteiger partial charge in [0.25, 0.3) is 0 Å². The molecule has 0 aliphatic carbocycles. The van der Waals surface area contributed by atoms with Crippen molar-refractivity contribution in [1.29, 1.82) is 0 Å². The first-order valence-corrected chi connectivity index (χ1v) is 7.74. The molecule has 2 aromatic heterocycles. The van der Waals surface area contributed by atoms with Gasteiger partial charge in [0.15, 0.2) is 0 Å². The van der Waals surface area contributed by atoms with Gasteiger partial charge in [-0.05, 0) is 36.5 Å². The lowest BCUT2D eigenvalue weighted by Gasteiger charge is -2.07. The van der Waals surface area contributed by atoms with E-state index in [-0.39, 0.29) is 0 Å². The van der Waals surface area contributed by atoms with Crippen molar-refractivity contribution >= 4 is 11.0 Å². The fourth-order valence-corrected chi connectivity index (χ4v) is 2.49. The first-order valence-electron chi connectivity index (χ1n) is 7.74. The average Bonchev–Trinajstić information content (AvgIpc) is 2.75. The van der Waals surface area contributed by atoms with Gasteiger partial charge in [-0.15, -0.1) is 0 Å². The lowest BCUT2D eigenvalue weighted by molar-refractivity contribution is 0.515. The number of fused-ring (bicyclic) bond motifs is 1. The van der Waals surface area contributed by atoms with E-state index in [1.807, 2.05) is 12.3 Å². The van der Waals surface area contributed by atoms with Crippen molar-refractivity contribution < 1.29 is 0 Å². The van der Waals surface area contributed by atoms with Crippen molar-refractivity contribution in [3.63, 3.8) is 0 Å². The zero-order chi connectivity index (χ0) is 14.5. The van der Waals surface area contributed by atoms with Crippen molar-refractivity contribution in [2.45, 2.75) is 59.7 Å². The van der Waals surface area contributed by atoms with Crippen molar-refractivity contribution in [2.24, 2.45) is 5.92 Å². The van der Waals surface area contributed by atoms with Crippen LogP contribution in [-0.4, -0.2) is 15.6 Å². The van der Waals surface area contributed by atoms with Crippen LogP contribution in [0.3, 0.4) is 0 Å². The Morgan fingerprint density at radius 2 is 2.05 bits per heavy atom. The minimum atomic E-state index is 0.506. The van der Waals surface area contributed by atoms with E-state index >= 15 is 0 Å². The van der Waals surface area contributed by atoms with Gasteiger partial charge in [-0.1, -0.05) is 27.7 Å². The molecule has 1 N–H and O–H groups in total. The third-order valence-electron chi connectivity index (χ3n) is 3.60. The molecule has 2 aromatic rings. The number of aryl methyl sites for hydroxylation is 1. The summed E-state index contributed by atoms with van der Waals surface area (Å²) in [5.41, 5.74) is 2.48. The van der Waals surface area contributed by atoms with Gasteiger partial charge in [0.1, 0.15) is 5.65 Å². The topological polar surface area (TPSA) is 29.9 Å². The zero-order valence-electron chi connectivity index (χ0n) is 13.2. The molecule has 0 aliphatic rings. The molecule has 0 radical (unpaired) electrons. The van der Waals surface area contributed by atoms with Crippen LogP contribution in [0.15, 0.2) is 24.5 Å². The maximum Gasteiger partial charge on any atom is 0.140 e. The van der Waals surface area contributed by atoms with Crippen molar-refractivity contribution in [2.75, 3.05) is 0 Å². The highest BCUT2D eigenvalue weighted by Crippen LogP contribution is 2.20. The molecule has 0 spiro atoms. The largest absolute Gasteiger partial charge is 0.332 e. The summed E-state index contributed by atoms with van der Waals surface area (Å²) in [6.45, 7) is 10.9. The van der Waals surface area contributed by atoms with Gasteiger partial charge in [-0.25, -0.2) is 4.98 Å². The Morgan fingerprint density at radius 3 is 2.75 bits per heavy atom. The lowest BCUT2D eigenvalue weighted by Crippen LogP contribution is -2.21. The van der Waals surface area contributed by atoms with Crippen LogP contribution in [0.25, 0.3) is 11.0 Å². The van der Waals surface area contributed by atoms with Crippen LogP contribution >= 0.6 is 0 Å². The molecule has 0 saturated heterocycles. The minimum Gasteiger partial charge on any atom is -0.332 e. The number of pyridine rings is 1. The molecule has 0 aliphatic heterocycles. The zero-order valence-corrected chi connectivity index (χ0v) is 13.2. The summed E-state index contributed by atoms with van der Waals surface area (Å²) in [4.78, 5) is 4.56. The van der Waals surface area contributed by atoms with E-state index in [1.165, 1.54) is 23.8 Å². The number of aromatic nitrogens is 2. The molecule has 2 rings (SSSR count). The quantitative estimate of drug-likeness (QED) is 0.827. The highest BCUT2D eigenvalue weighted by atomic mass is 15.0. The van der Waals surface area contributed by atoms with Gasteiger partial charge in [-0.2, -0.15) is 0 Å². The highest BCUT2D eigenvalue weighted by Gasteiger charge is 2.09. The summed E-state index contributed by atoms with van der Waals surface area (Å²) in [7, 11) is 0. The number of rotatable bonds is 7. The summed E-state index contributed by atoms with van der Waals surface area (Å²) < 4.78 is 2.31. The smallest absolute Gasteiger partial charge is 0.140 e. The summed E-state index contributed by atoms with van der Waals surface area (Å²) in [6, 6.07) is 4.71. The molecule has 3 nitrogen and oxygen atoms in total. The molecule has 20 heavy (non-hydrogen) atoms. The molecule has 0 unspecified atom stereocenters. The Morgan fingerprint density at radius 1 is 1.25 bits per heavy atom. The van der Waals surface area contributed by atoms with Gasteiger partial charge in [-0.3, -0.25) is 0 Å². The van der Waals surface area contributed by atoms with E-state index in [4.69, 9.17) is 0 Å². The van der Waals surface area contributed by atoms with Gasteiger partial charge in [0.2, 0.25) is 0 Å². The number of nitrogens with zero attached hydrogens (tertiary/aromatic N) is 2. The van der Waals surface area contributed by atoms with Crippen LogP contribution in [0, 0.1) is 5.92 Å². The summed E-state index contributed by atoms with van der Waals surface area (Å²) in [6.07, 6.45) is 6.65. The molecular formula is C17H27N3. The molecule has 110 valence electrons. The Bertz CT molecular complexity index is 540. The maximum absolute atomic E-state index is 4.56. The fourth-order valence-electron chi connectivity index (χ4n) is 2.49. The Kier molecular flexibility index (Phi) is 5.18. The van der Waals surface area contributed by atoms with Crippen molar-refractivity contribution in [1.82, 2.24) is 14.9 Å². The molecular weight excluding hydrogens is 246 g/mol. The van der Waals surface area contributed by atoms with Gasteiger partial charge < -0.3 is 9.88 Å². The summed E-state index contributed by atoms with van der Waals surface area (Å²) >= 11 is 0. The molecule has 0 saturated carbocycles. The van der Waals surface area contributed by atoms with Gasteiger partial charge in [0.05, 0.1) is 0 Å². The molecule has 0 fully saturated rings. The Balaban J connectivity index is 2.17. The van der Waals surface area contributed by atoms with E-state index in [9.17, 15) is 0 Å². The van der Waals surface area contributed by atoms with Crippen LogP contribution in [-0.2, 0) is 13.1 Å². The average molecular weight is 273 g/mol. The summed E-state index contributed by atoms with van der Waals surface area (Å²) in [5, 5.41) is 4.78. The van der Waals surface area contributed by atoms with Crippen molar-refractivity contribution in [3.05, 3.63) is 30.1 Å². The number of hydrogen-bond donors (Lipinski definition) is 1. The molecule has 0 bridgehead atoms. The predicted molar refractivity (Wildman–Crippen MR) is 85.8 cm³/mol. The highest BCUT2D eigenvalue weighted by molar-refractivity contribution is 5.80. The first kappa shape index (κ1) is 15.0. The van der Waals surface area contributed by atoms with E-state index in [0.29, 0.717) is 6.04 Å². The van der Waals surface area contributed by atoms with Crippen LogP contribution in [0.1, 0.15) is 46.1 Å². The van der Waals surface area contributed by atoms with Crippen LogP contribution < -0.4 is 5.32 Å². The molecule has 0 aromatic carbocycles. The second kappa shape index (κ2) is 6.89. The molecule has 2 heterocycles. The van der Waals surface area contributed by atoms with Gasteiger partial charge in [0, 0.05) is 36.9 Å². The third kappa shape index (κ3) is 3.83. The molecule has 0 amide bonds. The molecule has 0 atom stereocenters. The third-order valence-corrected chi connectivity index (χ3v) is 3.60. The van der Waals surface area contributed by atoms with Crippen LogP contribution in [0.5, 0.6) is 0 Å². The predicted octanol–water partition coefficient (Wildman–Crippen LogP) is 3.97. The second-order valence-corrected chi connectivity index (χ2v) is 6.29. The summed E-state index contributed by atoms with van der Waals surface area (Å²) in [5.74, 6) is 0.770. The SMILES string of the molecule is CC(C)CCCn1cc(CNC(C)C)c2cccnc21. The minimum absolute atomic E-state index is 0.506. The van der Waals surface area contributed by atoms with E-state index in [1.54, 1.807) is 0 Å². The monoisotopic (exact) mass is 273 g/mol. The fraction of sp³-hybridized carbons (Fsp3) is 0.588. The van der Waals surface area contributed by atoms with E-state index in [0.717, 1.165) is 24.7 Å². The number of hydrogen-bond acceptors (Lipinski definition) is 2. The standard InChI is InChI=1S/C17H27N3/c1-13(2)7-6-10-20-12-15(11-19-14(3)4)16-8-5-9-18-17(16)20/h5,8-9,12-14,19H,6-7,10-11H2,1-4H3. The second-order valence-electron chi connectivity index (χ2n) is 6.29. The van der Waals surface area contributed by atoms with Crippen molar-refractivity contribution in [3.8, 4) is 0 Å². The van der Waals surface area contributed by atoms with Crippen LogP contribution in [0.2, 0.25) is 0 Å². The Hall–Kier alpha value is -1.35. The van der Waals surface area contributed by atoms with E-state index in [2.05, 4.69) is 54.8 Å². The maximum atomic E-state index is 4.56. The first-order chi connectivity index (χ1) is 9.58. The number of nitrogens with one attached hydrogen (secondary N) is 1. The Labute approximate surface area is 122 Å². The molecule has 3 heteroatoms. The lowest BCUT2D eigenvalue weighted by atomic mass is 10.1. The normalized spacial score (nSPS) is 11.9. The van der Waals surface area contributed by atoms with E-state index < -0.39 is 0 Å². The van der Waals surface area contributed by atoms with Crippen LogP contribution in [0.4, 0.5) is 0 Å². The van der Waals surface area contributed by atoms with Gasteiger partial charge >= 0.3 is 0 Å².